The van der Waals surface area contributed by atoms with Gasteiger partial charge in [-0.15, -0.1) is 11.3 Å². The second-order valence-electron chi connectivity index (χ2n) is 5.39. The number of hydrazine groups is 1. The van der Waals surface area contributed by atoms with Crippen molar-refractivity contribution in [3.8, 4) is 0 Å². The van der Waals surface area contributed by atoms with E-state index in [0.29, 0.717) is 19.6 Å². The van der Waals surface area contributed by atoms with Crippen molar-refractivity contribution in [3.63, 3.8) is 0 Å². The number of nitrogens with one attached hydrogen (secondary N) is 3. The zero-order valence-electron chi connectivity index (χ0n) is 11.3. The number of likely N-dealkylation sites (tertiary alicyclic amines) is 1. The molecule has 7 heteroatoms. The van der Waals surface area contributed by atoms with Crippen LogP contribution in [0.2, 0.25) is 0 Å². The van der Waals surface area contributed by atoms with Crippen LogP contribution in [-0.2, 0) is 16.1 Å². The monoisotopic (exact) mass is 294 g/mol. The van der Waals surface area contributed by atoms with Gasteiger partial charge in [0.1, 0.15) is 0 Å². The van der Waals surface area contributed by atoms with Gasteiger partial charge in [-0.05, 0) is 18.5 Å². The Kier molecular flexibility index (Phi) is 3.73. The molecule has 108 valence electrons. The summed E-state index contributed by atoms with van der Waals surface area (Å²) in [5.41, 5.74) is 5.61. The Morgan fingerprint density at radius 2 is 2.40 bits per heavy atom. The molecule has 3 N–H and O–H groups in total. The van der Waals surface area contributed by atoms with E-state index in [1.165, 1.54) is 0 Å². The summed E-state index contributed by atoms with van der Waals surface area (Å²) >= 11 is 1.62. The number of fused-ring (bicyclic) bond motifs is 1. The Bertz CT molecular complexity index is 504. The summed E-state index contributed by atoms with van der Waals surface area (Å²) in [5, 5.41) is 4.96. The first-order chi connectivity index (χ1) is 9.65. The fourth-order valence-electron chi connectivity index (χ4n) is 2.91. The summed E-state index contributed by atoms with van der Waals surface area (Å²) < 4.78 is 0. The average molecular weight is 294 g/mol. The lowest BCUT2D eigenvalue weighted by molar-refractivity contribution is -0.129. The Morgan fingerprint density at radius 1 is 1.55 bits per heavy atom. The summed E-state index contributed by atoms with van der Waals surface area (Å²) in [7, 11) is 1.95. The smallest absolute Gasteiger partial charge is 0.240 e. The first-order valence-electron chi connectivity index (χ1n) is 6.69. The largest absolute Gasteiger partial charge is 0.351 e. The van der Waals surface area contributed by atoms with Crippen LogP contribution in [0, 0.1) is 11.8 Å². The fourth-order valence-corrected chi connectivity index (χ4v) is 3.56. The van der Waals surface area contributed by atoms with Crippen molar-refractivity contribution in [2.24, 2.45) is 11.8 Å². The summed E-state index contributed by atoms with van der Waals surface area (Å²) in [6, 6.07) is 3.86. The van der Waals surface area contributed by atoms with Crippen LogP contribution in [0.4, 0.5) is 0 Å². The lowest BCUT2D eigenvalue weighted by atomic mass is 9.84. The van der Waals surface area contributed by atoms with Crippen LogP contribution < -0.4 is 16.2 Å². The lowest BCUT2D eigenvalue weighted by Crippen LogP contribution is -2.55. The van der Waals surface area contributed by atoms with Crippen molar-refractivity contribution in [1.29, 1.82) is 0 Å². The Balaban J connectivity index is 1.65. The van der Waals surface area contributed by atoms with Crippen molar-refractivity contribution in [2.45, 2.75) is 12.6 Å². The van der Waals surface area contributed by atoms with Crippen molar-refractivity contribution < 1.29 is 9.59 Å². The molecule has 6 nitrogen and oxygen atoms in total. The van der Waals surface area contributed by atoms with E-state index >= 15 is 0 Å². The van der Waals surface area contributed by atoms with Gasteiger partial charge in [0.05, 0.1) is 24.4 Å². The van der Waals surface area contributed by atoms with E-state index in [-0.39, 0.29) is 29.7 Å². The van der Waals surface area contributed by atoms with E-state index in [1.807, 2.05) is 29.5 Å². The van der Waals surface area contributed by atoms with Crippen LogP contribution in [0.1, 0.15) is 4.88 Å². The molecule has 0 spiro atoms. The minimum Gasteiger partial charge on any atom is -0.351 e. The molecule has 3 atom stereocenters. The van der Waals surface area contributed by atoms with E-state index < -0.39 is 0 Å². The van der Waals surface area contributed by atoms with Crippen LogP contribution in [0.25, 0.3) is 0 Å². The van der Waals surface area contributed by atoms with E-state index in [4.69, 9.17) is 0 Å². The topological polar surface area (TPSA) is 73.5 Å². The minimum absolute atomic E-state index is 0.00366. The number of hydrogen-bond donors (Lipinski definition) is 3. The molecule has 0 aromatic carbocycles. The van der Waals surface area contributed by atoms with E-state index in [1.54, 1.807) is 11.3 Å². The van der Waals surface area contributed by atoms with Crippen molar-refractivity contribution in [3.05, 3.63) is 22.4 Å². The average Bonchev–Trinajstić information content (AvgIpc) is 3.06. The molecule has 0 aliphatic carbocycles. The van der Waals surface area contributed by atoms with Gasteiger partial charge in [0.2, 0.25) is 11.8 Å². The number of carbonyl (C=O) groups excluding carboxylic acids is 2. The lowest BCUT2D eigenvalue weighted by Gasteiger charge is -2.36. The molecule has 2 aliphatic heterocycles. The van der Waals surface area contributed by atoms with Gasteiger partial charge in [-0.25, -0.2) is 5.43 Å². The molecule has 2 saturated heterocycles. The normalized spacial score (nSPS) is 29.9. The molecule has 2 aliphatic rings. The highest BCUT2D eigenvalue weighted by Crippen LogP contribution is 2.25. The molecule has 0 saturated carbocycles. The number of thiophene rings is 1. The van der Waals surface area contributed by atoms with Gasteiger partial charge in [-0.1, -0.05) is 6.07 Å². The maximum absolute atomic E-state index is 12.4. The van der Waals surface area contributed by atoms with Gasteiger partial charge in [-0.2, -0.15) is 0 Å². The van der Waals surface area contributed by atoms with Crippen LogP contribution in [0.5, 0.6) is 0 Å². The first-order valence-corrected chi connectivity index (χ1v) is 7.57. The fraction of sp³-hybridized carbons (Fsp3) is 0.538. The zero-order chi connectivity index (χ0) is 14.1. The Labute approximate surface area is 121 Å². The molecular formula is C13H18N4O2S. The van der Waals surface area contributed by atoms with Crippen molar-refractivity contribution in [2.75, 3.05) is 20.1 Å². The quantitative estimate of drug-likeness (QED) is 0.706. The third-order valence-corrected chi connectivity index (χ3v) is 4.81. The van der Waals surface area contributed by atoms with E-state index in [2.05, 4.69) is 16.2 Å². The second-order valence-corrected chi connectivity index (χ2v) is 6.42. The molecule has 20 heavy (non-hydrogen) atoms. The Morgan fingerprint density at radius 3 is 3.15 bits per heavy atom. The molecule has 2 amide bonds. The number of amides is 2. The van der Waals surface area contributed by atoms with Crippen molar-refractivity contribution >= 4 is 23.2 Å². The SMILES string of the molecule is CN1CC(C(=O)NCc2cccs2)C2NNC(=O)C2C1. The number of piperidine rings is 1. The molecule has 3 rings (SSSR count). The van der Waals surface area contributed by atoms with Gasteiger partial charge in [-0.3, -0.25) is 15.0 Å². The summed E-state index contributed by atoms with van der Waals surface area (Å²) in [6.45, 7) is 1.91. The van der Waals surface area contributed by atoms with Crippen LogP contribution in [0.3, 0.4) is 0 Å². The van der Waals surface area contributed by atoms with E-state index in [0.717, 1.165) is 4.88 Å². The predicted molar refractivity (Wildman–Crippen MR) is 75.7 cm³/mol. The molecule has 1 aromatic rings. The first kappa shape index (κ1) is 13.5. The summed E-state index contributed by atoms with van der Waals surface area (Å²) in [6.07, 6.45) is 0. The predicted octanol–water partition coefficient (Wildman–Crippen LogP) is -0.455. The van der Waals surface area contributed by atoms with Gasteiger partial charge in [0.25, 0.3) is 0 Å². The molecule has 2 fully saturated rings. The maximum Gasteiger partial charge on any atom is 0.240 e. The number of carbonyl (C=O) groups is 2. The van der Waals surface area contributed by atoms with Gasteiger partial charge in [0.15, 0.2) is 0 Å². The number of rotatable bonds is 3. The summed E-state index contributed by atoms with van der Waals surface area (Å²) in [5.74, 6) is -0.370. The highest BCUT2D eigenvalue weighted by Gasteiger charge is 2.46. The van der Waals surface area contributed by atoms with Gasteiger partial charge >= 0.3 is 0 Å². The number of hydrogen-bond acceptors (Lipinski definition) is 5. The third kappa shape index (κ3) is 2.56. The molecule has 0 radical (unpaired) electrons. The van der Waals surface area contributed by atoms with Crippen LogP contribution in [0.15, 0.2) is 17.5 Å². The molecular weight excluding hydrogens is 276 g/mol. The third-order valence-electron chi connectivity index (χ3n) is 3.94. The van der Waals surface area contributed by atoms with Crippen molar-refractivity contribution in [1.82, 2.24) is 21.1 Å². The second kappa shape index (κ2) is 5.51. The summed E-state index contributed by atoms with van der Waals surface area (Å²) in [4.78, 5) is 27.3. The van der Waals surface area contributed by atoms with Gasteiger partial charge in [0, 0.05) is 18.0 Å². The zero-order valence-corrected chi connectivity index (χ0v) is 12.1. The molecule has 3 heterocycles. The maximum atomic E-state index is 12.4. The molecule has 3 unspecified atom stereocenters. The molecule has 1 aromatic heterocycles. The molecule has 0 bridgehead atoms. The van der Waals surface area contributed by atoms with Gasteiger partial charge < -0.3 is 10.2 Å². The standard InChI is InChI=1S/C13H18N4O2S/c1-17-6-9(11-10(7-17)13(19)16-15-11)12(18)14-5-8-3-2-4-20-8/h2-4,9-11,15H,5-7H2,1H3,(H,14,18)(H,16,19). The highest BCUT2D eigenvalue weighted by atomic mass is 32.1. The van der Waals surface area contributed by atoms with E-state index in [9.17, 15) is 9.59 Å². The Hall–Kier alpha value is -1.44. The van der Waals surface area contributed by atoms with Crippen LogP contribution >= 0.6 is 11.3 Å². The van der Waals surface area contributed by atoms with Crippen LogP contribution in [-0.4, -0.2) is 42.9 Å². The number of nitrogens with zero attached hydrogens (tertiary/aromatic N) is 1. The highest BCUT2D eigenvalue weighted by molar-refractivity contribution is 7.09. The minimum atomic E-state index is -0.210.